The SMILES string of the molecule is O=C(Nc1ccc(NS(=O)(=O)c2ccc3c(c2)OCCCO3)cc1)Nc1ccc(F)cc1F. The van der Waals surface area contributed by atoms with Gasteiger partial charge in [-0.2, -0.15) is 0 Å². The molecule has 0 radical (unpaired) electrons. The van der Waals surface area contributed by atoms with Crippen molar-refractivity contribution >= 4 is 33.1 Å². The first-order chi connectivity index (χ1) is 15.8. The molecule has 0 saturated heterocycles. The van der Waals surface area contributed by atoms with Gasteiger partial charge in [-0.25, -0.2) is 22.0 Å². The topological polar surface area (TPSA) is 106 Å². The minimum absolute atomic E-state index is 0.00894. The molecule has 3 aromatic carbocycles. The van der Waals surface area contributed by atoms with Crippen LogP contribution in [0.2, 0.25) is 0 Å². The van der Waals surface area contributed by atoms with Crippen LogP contribution in [0, 0.1) is 11.6 Å². The molecule has 8 nitrogen and oxygen atoms in total. The molecule has 1 heterocycles. The normalized spacial score (nSPS) is 13.0. The molecular weight excluding hydrogens is 456 g/mol. The molecule has 0 atom stereocenters. The van der Waals surface area contributed by atoms with Gasteiger partial charge in [-0.15, -0.1) is 0 Å². The van der Waals surface area contributed by atoms with E-state index in [2.05, 4.69) is 15.4 Å². The van der Waals surface area contributed by atoms with Crippen molar-refractivity contribution in [2.75, 3.05) is 28.6 Å². The van der Waals surface area contributed by atoms with Gasteiger partial charge in [0.1, 0.15) is 11.6 Å². The summed E-state index contributed by atoms with van der Waals surface area (Å²) in [4.78, 5) is 12.1. The van der Waals surface area contributed by atoms with Crippen molar-refractivity contribution in [1.82, 2.24) is 0 Å². The quantitative estimate of drug-likeness (QED) is 0.501. The van der Waals surface area contributed by atoms with Gasteiger partial charge in [-0.05, 0) is 48.5 Å². The van der Waals surface area contributed by atoms with Crippen molar-refractivity contribution in [1.29, 1.82) is 0 Å². The van der Waals surface area contributed by atoms with Crippen LogP contribution in [0.5, 0.6) is 11.5 Å². The summed E-state index contributed by atoms with van der Waals surface area (Å²) in [7, 11) is -3.90. The molecular formula is C22H19F2N3O5S. The first kappa shape index (κ1) is 22.3. The fourth-order valence-corrected chi connectivity index (χ4v) is 4.10. The molecule has 33 heavy (non-hydrogen) atoms. The van der Waals surface area contributed by atoms with E-state index in [0.717, 1.165) is 12.1 Å². The molecule has 0 bridgehead atoms. The Morgan fingerprint density at radius 3 is 2.24 bits per heavy atom. The van der Waals surface area contributed by atoms with Crippen molar-refractivity contribution in [3.8, 4) is 11.5 Å². The predicted octanol–water partition coefficient (Wildman–Crippen LogP) is 4.57. The molecule has 4 rings (SSSR count). The Morgan fingerprint density at radius 1 is 0.818 bits per heavy atom. The molecule has 0 unspecified atom stereocenters. The number of sulfonamides is 1. The van der Waals surface area contributed by atoms with Crippen LogP contribution in [0.15, 0.2) is 65.6 Å². The number of benzene rings is 3. The van der Waals surface area contributed by atoms with Crippen molar-refractivity contribution in [2.24, 2.45) is 0 Å². The summed E-state index contributed by atoms with van der Waals surface area (Å²) in [6, 6.07) is 12.2. The number of hydrogen-bond donors (Lipinski definition) is 3. The largest absolute Gasteiger partial charge is 0.490 e. The van der Waals surface area contributed by atoms with Gasteiger partial charge in [0.15, 0.2) is 11.5 Å². The number of rotatable bonds is 5. The van der Waals surface area contributed by atoms with Crippen LogP contribution in [-0.2, 0) is 10.0 Å². The summed E-state index contributed by atoms with van der Waals surface area (Å²) >= 11 is 0. The lowest BCUT2D eigenvalue weighted by Gasteiger charge is -2.12. The molecule has 1 aliphatic heterocycles. The Hall–Kier alpha value is -3.86. The van der Waals surface area contributed by atoms with E-state index in [-0.39, 0.29) is 16.3 Å². The molecule has 172 valence electrons. The number of ether oxygens (including phenoxy) is 2. The molecule has 0 aliphatic carbocycles. The maximum Gasteiger partial charge on any atom is 0.323 e. The highest BCUT2D eigenvalue weighted by Crippen LogP contribution is 2.32. The second-order valence-electron chi connectivity index (χ2n) is 7.05. The van der Waals surface area contributed by atoms with Gasteiger partial charge < -0.3 is 20.1 Å². The number of urea groups is 1. The maximum atomic E-state index is 13.7. The molecule has 3 N–H and O–H groups in total. The highest BCUT2D eigenvalue weighted by molar-refractivity contribution is 7.92. The van der Waals surface area contributed by atoms with E-state index in [1.807, 2.05) is 0 Å². The smallest absolute Gasteiger partial charge is 0.323 e. The summed E-state index contributed by atoms with van der Waals surface area (Å²) in [6.45, 7) is 0.925. The Balaban J connectivity index is 1.40. The number of fused-ring (bicyclic) bond motifs is 1. The minimum Gasteiger partial charge on any atom is -0.490 e. The summed E-state index contributed by atoms with van der Waals surface area (Å²) < 4.78 is 65.6. The summed E-state index contributed by atoms with van der Waals surface area (Å²) in [5.74, 6) is -0.827. The summed E-state index contributed by atoms with van der Waals surface area (Å²) in [6.07, 6.45) is 0.701. The Bertz CT molecular complexity index is 1280. The van der Waals surface area contributed by atoms with Crippen LogP contribution in [0.25, 0.3) is 0 Å². The van der Waals surface area contributed by atoms with Crippen LogP contribution in [0.4, 0.5) is 30.6 Å². The van der Waals surface area contributed by atoms with Crippen LogP contribution < -0.4 is 24.8 Å². The van der Waals surface area contributed by atoms with Gasteiger partial charge in [0, 0.05) is 29.9 Å². The first-order valence-electron chi connectivity index (χ1n) is 9.86. The van der Waals surface area contributed by atoms with E-state index >= 15 is 0 Å². The Kier molecular flexibility index (Phi) is 6.31. The third-order valence-electron chi connectivity index (χ3n) is 4.60. The van der Waals surface area contributed by atoms with E-state index in [9.17, 15) is 22.0 Å². The first-order valence-corrected chi connectivity index (χ1v) is 11.3. The number of carbonyl (C=O) groups excluding carboxylic acids is 1. The Morgan fingerprint density at radius 2 is 1.52 bits per heavy atom. The average molecular weight is 475 g/mol. The van der Waals surface area contributed by atoms with Gasteiger partial charge in [-0.1, -0.05) is 0 Å². The van der Waals surface area contributed by atoms with Gasteiger partial charge >= 0.3 is 6.03 Å². The van der Waals surface area contributed by atoms with E-state index in [1.54, 1.807) is 6.07 Å². The third kappa shape index (κ3) is 5.50. The molecule has 1 aliphatic rings. The zero-order valence-electron chi connectivity index (χ0n) is 17.1. The lowest BCUT2D eigenvalue weighted by Crippen LogP contribution is -2.20. The highest BCUT2D eigenvalue weighted by Gasteiger charge is 2.19. The number of anilines is 3. The van der Waals surface area contributed by atoms with E-state index in [1.165, 1.54) is 36.4 Å². The minimum atomic E-state index is -3.90. The summed E-state index contributed by atoms with van der Waals surface area (Å²) in [5.41, 5.74) is 0.402. The number of amides is 2. The fraction of sp³-hybridized carbons (Fsp3) is 0.136. The molecule has 2 amide bonds. The van der Waals surface area contributed by atoms with Crippen LogP contribution in [-0.4, -0.2) is 27.7 Å². The number of carbonyl (C=O) groups is 1. The summed E-state index contributed by atoms with van der Waals surface area (Å²) in [5, 5.41) is 4.74. The van der Waals surface area contributed by atoms with Crippen molar-refractivity contribution in [3.05, 3.63) is 72.3 Å². The van der Waals surface area contributed by atoms with Crippen LogP contribution >= 0.6 is 0 Å². The number of hydrogen-bond acceptors (Lipinski definition) is 5. The monoisotopic (exact) mass is 475 g/mol. The van der Waals surface area contributed by atoms with Crippen LogP contribution in [0.3, 0.4) is 0 Å². The average Bonchev–Trinajstić information content (AvgIpc) is 3.02. The number of halogens is 2. The van der Waals surface area contributed by atoms with Crippen molar-refractivity contribution in [2.45, 2.75) is 11.3 Å². The van der Waals surface area contributed by atoms with E-state index < -0.39 is 27.7 Å². The van der Waals surface area contributed by atoms with Crippen molar-refractivity contribution in [3.63, 3.8) is 0 Å². The third-order valence-corrected chi connectivity index (χ3v) is 5.98. The maximum absolute atomic E-state index is 13.7. The van der Waals surface area contributed by atoms with E-state index in [4.69, 9.17) is 9.47 Å². The predicted molar refractivity (Wildman–Crippen MR) is 118 cm³/mol. The second-order valence-corrected chi connectivity index (χ2v) is 8.73. The lowest BCUT2D eigenvalue weighted by molar-refractivity contribution is 0.262. The fourth-order valence-electron chi connectivity index (χ4n) is 3.02. The van der Waals surface area contributed by atoms with Crippen LogP contribution in [0.1, 0.15) is 6.42 Å². The highest BCUT2D eigenvalue weighted by atomic mass is 32.2. The zero-order valence-corrected chi connectivity index (χ0v) is 17.9. The van der Waals surface area contributed by atoms with Gasteiger partial charge in [0.05, 0.1) is 23.8 Å². The molecule has 11 heteroatoms. The molecule has 0 fully saturated rings. The van der Waals surface area contributed by atoms with Crippen molar-refractivity contribution < 1.29 is 31.5 Å². The second kappa shape index (κ2) is 9.33. The zero-order chi connectivity index (χ0) is 23.4. The van der Waals surface area contributed by atoms with Gasteiger partial charge in [0.25, 0.3) is 10.0 Å². The van der Waals surface area contributed by atoms with Gasteiger partial charge in [0.2, 0.25) is 0 Å². The van der Waals surface area contributed by atoms with E-state index in [0.29, 0.717) is 42.9 Å². The lowest BCUT2D eigenvalue weighted by atomic mass is 10.3. The Labute approximate surface area is 188 Å². The number of nitrogens with one attached hydrogen (secondary N) is 3. The molecule has 3 aromatic rings. The standard InChI is InChI=1S/C22H19F2N3O5S/c23-14-2-8-19(18(24)12-14)26-22(28)25-15-3-5-16(6-4-15)27-33(29,30)17-7-9-20-21(13-17)32-11-1-10-31-20/h2-9,12-13,27H,1,10-11H2,(H2,25,26,28). The van der Waals surface area contributed by atoms with Gasteiger partial charge in [-0.3, -0.25) is 4.72 Å². The molecule has 0 spiro atoms. The molecule has 0 saturated carbocycles. The molecule has 0 aromatic heterocycles.